The van der Waals surface area contributed by atoms with Crippen molar-refractivity contribution in [1.82, 2.24) is 29.2 Å². The van der Waals surface area contributed by atoms with Crippen LogP contribution in [0.1, 0.15) is 75.6 Å². The lowest BCUT2D eigenvalue weighted by Crippen LogP contribution is -2.44. The van der Waals surface area contributed by atoms with Gasteiger partial charge >= 0.3 is 17.8 Å². The molecule has 3 aromatic heterocycles. The Kier molecular flexibility index (Phi) is 8.63. The van der Waals surface area contributed by atoms with E-state index in [-0.39, 0.29) is 55.1 Å². The monoisotopic (exact) mass is 796 g/mol. The van der Waals surface area contributed by atoms with Gasteiger partial charge in [-0.25, -0.2) is 23.9 Å². The van der Waals surface area contributed by atoms with Gasteiger partial charge in [-0.1, -0.05) is 48.5 Å². The molecule has 16 heteroatoms. The summed E-state index contributed by atoms with van der Waals surface area (Å²) in [7, 11) is 0. The van der Waals surface area contributed by atoms with Crippen molar-refractivity contribution in [1.29, 1.82) is 0 Å². The van der Waals surface area contributed by atoms with Crippen molar-refractivity contribution in [2.45, 2.75) is 50.6 Å². The van der Waals surface area contributed by atoms with E-state index in [9.17, 15) is 24.3 Å². The second kappa shape index (κ2) is 13.9. The molecule has 10 rings (SSSR count). The van der Waals surface area contributed by atoms with Gasteiger partial charge < -0.3 is 19.3 Å². The fraction of sp³-hybridized carbons (Fsp3) is 0.326. The van der Waals surface area contributed by atoms with Crippen molar-refractivity contribution in [2.75, 3.05) is 42.6 Å². The van der Waals surface area contributed by atoms with E-state index in [2.05, 4.69) is 22.3 Å². The third-order valence-corrected chi connectivity index (χ3v) is 12.5. The number of aromatic carboxylic acids is 1. The van der Waals surface area contributed by atoms with E-state index in [1.165, 1.54) is 21.6 Å². The summed E-state index contributed by atoms with van der Waals surface area (Å²) >= 11 is 0. The van der Waals surface area contributed by atoms with Gasteiger partial charge in [0.2, 0.25) is 5.95 Å². The van der Waals surface area contributed by atoms with Gasteiger partial charge in [0.1, 0.15) is 11.2 Å². The number of hydrogen-bond acceptors (Lipinski definition) is 9. The molecule has 0 spiro atoms. The molecule has 0 unspecified atom stereocenters. The average molecular weight is 797 g/mol. The molecule has 2 atom stereocenters. The molecule has 4 aliphatic rings. The summed E-state index contributed by atoms with van der Waals surface area (Å²) in [5.74, 6) is -1.59. The Hall–Kier alpha value is -6.81. The minimum atomic E-state index is -1.24. The molecule has 0 bridgehead atoms. The predicted octanol–water partition coefficient (Wildman–Crippen LogP) is 4.88. The second-order valence-corrected chi connectivity index (χ2v) is 15.7. The largest absolute Gasteiger partial charge is 0.478 e. The number of hydrogen-bond donors (Lipinski definition) is 2. The highest BCUT2D eigenvalue weighted by Gasteiger charge is 2.59. The van der Waals surface area contributed by atoms with Gasteiger partial charge in [-0.3, -0.25) is 28.9 Å². The first-order valence-corrected chi connectivity index (χ1v) is 19.8. The number of carboxylic acids is 1. The van der Waals surface area contributed by atoms with Gasteiger partial charge in [0.15, 0.2) is 5.82 Å². The van der Waals surface area contributed by atoms with Gasteiger partial charge in [0, 0.05) is 55.0 Å². The molecule has 3 fully saturated rings. The number of benzene rings is 3. The first kappa shape index (κ1) is 36.5. The van der Waals surface area contributed by atoms with Gasteiger partial charge in [-0.05, 0) is 85.5 Å². The fourth-order valence-corrected chi connectivity index (χ4v) is 9.31. The molecule has 3 amide bonds. The van der Waals surface area contributed by atoms with E-state index in [0.29, 0.717) is 60.6 Å². The Morgan fingerprint density at radius 2 is 1.66 bits per heavy atom. The number of ether oxygens (including phenoxy) is 1. The van der Waals surface area contributed by atoms with Crippen molar-refractivity contribution >= 4 is 40.4 Å². The highest BCUT2D eigenvalue weighted by Crippen LogP contribution is 2.56. The summed E-state index contributed by atoms with van der Waals surface area (Å²) in [5, 5.41) is 15.1. The van der Waals surface area contributed by atoms with Crippen molar-refractivity contribution in [3.8, 4) is 5.69 Å². The zero-order valence-electron chi connectivity index (χ0n) is 32.2. The normalized spacial score (nSPS) is 20.7. The van der Waals surface area contributed by atoms with Gasteiger partial charge in [0.05, 0.1) is 23.5 Å². The van der Waals surface area contributed by atoms with E-state index in [0.717, 1.165) is 29.3 Å². The molecule has 2 saturated heterocycles. The van der Waals surface area contributed by atoms with Crippen LogP contribution in [0.25, 0.3) is 16.6 Å². The average Bonchev–Trinajstić information content (AvgIpc) is 3.58. The third kappa shape index (κ3) is 5.88. The Bertz CT molecular complexity index is 2800. The van der Waals surface area contributed by atoms with Crippen LogP contribution in [-0.2, 0) is 23.2 Å². The molecule has 300 valence electrons. The molecule has 6 aromatic rings. The summed E-state index contributed by atoms with van der Waals surface area (Å²) in [4.78, 5) is 80.8. The molecule has 16 nitrogen and oxygen atoms in total. The zero-order chi connectivity index (χ0) is 40.6. The van der Waals surface area contributed by atoms with Crippen LogP contribution >= 0.6 is 0 Å². The van der Waals surface area contributed by atoms with Crippen molar-refractivity contribution in [3.05, 3.63) is 134 Å². The van der Waals surface area contributed by atoms with Crippen molar-refractivity contribution in [2.24, 2.45) is 5.92 Å². The van der Waals surface area contributed by atoms with Crippen LogP contribution in [0.2, 0.25) is 0 Å². The number of amides is 3. The number of rotatable bonds is 8. The van der Waals surface area contributed by atoms with Crippen LogP contribution in [0.5, 0.6) is 0 Å². The van der Waals surface area contributed by atoms with Crippen LogP contribution < -0.4 is 21.1 Å². The van der Waals surface area contributed by atoms with E-state index in [1.807, 2.05) is 54.0 Å². The molecule has 2 N–H and O–H groups in total. The number of carbonyl (C=O) groups excluding carboxylic acids is 2. The summed E-state index contributed by atoms with van der Waals surface area (Å²) in [6.07, 6.45) is 2.55. The van der Waals surface area contributed by atoms with Crippen LogP contribution in [0.4, 0.5) is 16.4 Å². The minimum absolute atomic E-state index is 0.00692. The van der Waals surface area contributed by atoms with E-state index >= 15 is 4.79 Å². The van der Waals surface area contributed by atoms with Crippen molar-refractivity contribution < 1.29 is 28.8 Å². The highest BCUT2D eigenvalue weighted by atomic mass is 16.5. The van der Waals surface area contributed by atoms with E-state index < -0.39 is 28.9 Å². The third-order valence-electron chi connectivity index (χ3n) is 12.5. The number of aromatic nitrogens is 5. The molecular formula is C43H40N8O8. The smallest absolute Gasteiger partial charge is 0.438 e. The summed E-state index contributed by atoms with van der Waals surface area (Å²) in [6.45, 7) is 4.03. The lowest BCUT2D eigenvalue weighted by atomic mass is 9.91. The maximum Gasteiger partial charge on any atom is 0.438 e. The Balaban J connectivity index is 1.07. The number of aromatic amines is 1. The number of nitrogens with zero attached hydrogens (tertiary/aromatic N) is 7. The van der Waals surface area contributed by atoms with E-state index in [4.69, 9.17) is 14.2 Å². The molecule has 3 aromatic carbocycles. The highest BCUT2D eigenvalue weighted by molar-refractivity contribution is 6.05. The second-order valence-electron chi connectivity index (χ2n) is 15.7. The van der Waals surface area contributed by atoms with Crippen LogP contribution in [0.15, 0.2) is 93.0 Å². The number of carbonyl (C=O) groups is 3. The topological polar surface area (TPSA) is 189 Å². The summed E-state index contributed by atoms with van der Waals surface area (Å²) in [6, 6.07) is 23.0. The number of anilines is 2. The van der Waals surface area contributed by atoms with Crippen LogP contribution in [0, 0.1) is 5.92 Å². The number of carboxylic acid groups (broad SMARTS) is 1. The van der Waals surface area contributed by atoms with Gasteiger partial charge in [0.25, 0.3) is 11.5 Å². The fourth-order valence-electron chi connectivity index (χ4n) is 9.31. The molecule has 6 heterocycles. The number of nitrogens with one attached hydrogen (secondary N) is 1. The maximum absolute atomic E-state index is 15.0. The lowest BCUT2D eigenvalue weighted by Gasteiger charge is -2.31. The standard InChI is InChI=1S/C43H40N8O8/c1-25-23-43(25,39-45-41(56)59-46-39)51-33-12-11-27(26-14-19-58-20-15-26)21-28(33)22-35(51)37(53)47-16-13-30-32(24-47)44-40(49-18-17-48(42(49)57)29-7-3-2-4-8-29)50(36(30)52)34-10-6-5-9-31(34)38(54)55/h2-12,21-22,25-26H,13-20,23-24H2,1H3,(H,54,55)(H,45,46,56)/t25-,43+/m0/s1. The quantitative estimate of drug-likeness (QED) is 0.215. The Labute approximate surface area is 336 Å². The van der Waals surface area contributed by atoms with Crippen LogP contribution in [-0.4, -0.2) is 85.0 Å². The lowest BCUT2D eigenvalue weighted by molar-refractivity contribution is 0.0693. The molecule has 59 heavy (non-hydrogen) atoms. The van der Waals surface area contributed by atoms with Gasteiger partial charge in [-0.2, -0.15) is 0 Å². The summed E-state index contributed by atoms with van der Waals surface area (Å²) in [5.41, 5.74) is 2.29. The number of urea groups is 1. The predicted molar refractivity (Wildman–Crippen MR) is 214 cm³/mol. The number of para-hydroxylation sites is 2. The summed E-state index contributed by atoms with van der Waals surface area (Å²) < 4.78 is 13.8. The first-order valence-electron chi connectivity index (χ1n) is 19.8. The Morgan fingerprint density at radius 3 is 2.39 bits per heavy atom. The van der Waals surface area contributed by atoms with E-state index in [1.54, 1.807) is 21.9 Å². The maximum atomic E-state index is 15.0. The first-order chi connectivity index (χ1) is 28.6. The SMILES string of the molecule is C[C@H]1C[C@@]1(c1noc(=O)[nH]1)n1c(C(=O)N2CCc3c(nc(N4CCN(c5ccccc5)C4=O)n(-c4ccccc4C(=O)O)c3=O)C2)cc2cc(C3CCOCC3)ccc21. The number of H-pyrrole nitrogens is 1. The number of fused-ring (bicyclic) bond motifs is 2. The Morgan fingerprint density at radius 1 is 0.915 bits per heavy atom. The van der Waals surface area contributed by atoms with Crippen molar-refractivity contribution in [3.63, 3.8) is 0 Å². The van der Waals surface area contributed by atoms with Crippen LogP contribution in [0.3, 0.4) is 0 Å². The molecule has 3 aliphatic heterocycles. The minimum Gasteiger partial charge on any atom is -0.478 e. The molecule has 1 aliphatic carbocycles. The van der Waals surface area contributed by atoms with Gasteiger partial charge in [-0.15, -0.1) is 0 Å². The molecule has 0 radical (unpaired) electrons. The zero-order valence-corrected chi connectivity index (χ0v) is 32.2. The molecular weight excluding hydrogens is 757 g/mol. The molecule has 1 saturated carbocycles.